The van der Waals surface area contributed by atoms with Crippen LogP contribution in [0.25, 0.3) is 5.76 Å². The maximum atomic E-state index is 14.5. The summed E-state index contributed by atoms with van der Waals surface area (Å²) in [5, 5.41) is 11.7. The molecule has 0 saturated carbocycles. The molecule has 1 atom stereocenters. The van der Waals surface area contributed by atoms with Gasteiger partial charge in [-0.05, 0) is 36.8 Å². The Kier molecular flexibility index (Phi) is 7.77. The number of para-hydroxylation sites is 1. The minimum atomic E-state index is -3.74. The second-order valence-electron chi connectivity index (χ2n) is 10.5. The molecule has 2 aromatic carbocycles. The lowest BCUT2D eigenvalue weighted by Gasteiger charge is -2.36. The summed E-state index contributed by atoms with van der Waals surface area (Å²) >= 11 is 0. The number of rotatable bonds is 8. The lowest BCUT2D eigenvalue weighted by Crippen LogP contribution is -2.54. The summed E-state index contributed by atoms with van der Waals surface area (Å²) in [5.41, 5.74) is -1.02. The van der Waals surface area contributed by atoms with Gasteiger partial charge in [-0.25, -0.2) is 12.7 Å². The molecule has 5 rings (SSSR count). The molecule has 3 aliphatic heterocycles. The summed E-state index contributed by atoms with van der Waals surface area (Å²) in [7, 11) is -0.920. The minimum absolute atomic E-state index is 0.00358. The third kappa shape index (κ3) is 4.55. The number of hydrogen-bond acceptors (Lipinski definition) is 8. The fourth-order valence-electron chi connectivity index (χ4n) is 5.82. The number of hydrogen-bond donors (Lipinski definition) is 1. The van der Waals surface area contributed by atoms with E-state index in [9.17, 15) is 27.9 Å². The number of ether oxygens (including phenoxy) is 1. The molecule has 0 aliphatic carbocycles. The van der Waals surface area contributed by atoms with Crippen molar-refractivity contribution < 1.29 is 32.6 Å². The average Bonchev–Trinajstić information content (AvgIpc) is 3.35. The number of aliphatic hydroxyl groups is 1. The van der Waals surface area contributed by atoms with Gasteiger partial charge in [0.2, 0.25) is 10.0 Å². The van der Waals surface area contributed by atoms with Crippen molar-refractivity contribution in [3.8, 4) is 0 Å². The number of sulfonamides is 1. The van der Waals surface area contributed by atoms with Crippen LogP contribution in [0.5, 0.6) is 0 Å². The summed E-state index contributed by atoms with van der Waals surface area (Å²) < 4.78 is 31.6. The predicted molar refractivity (Wildman–Crippen MR) is 152 cm³/mol. The lowest BCUT2D eigenvalue weighted by molar-refractivity contribution is -0.144. The number of morpholine rings is 1. The monoisotopic (exact) mass is 582 g/mol. The van der Waals surface area contributed by atoms with Gasteiger partial charge in [-0.1, -0.05) is 25.1 Å². The summed E-state index contributed by atoms with van der Waals surface area (Å²) in [6.07, 6.45) is 0.638. The molecular weight excluding hydrogens is 548 g/mol. The summed E-state index contributed by atoms with van der Waals surface area (Å²) in [4.78, 5) is 46.9. The van der Waals surface area contributed by atoms with E-state index >= 15 is 0 Å². The smallest absolute Gasteiger partial charge is 0.296 e. The highest BCUT2D eigenvalue weighted by Gasteiger charge is 2.67. The SMILES string of the molecule is CCCN1C(=O)[C@]2(C(=C(O)c3ccc(S(=O)(=O)N(C)C)cc3)C(=O)C(=O)N2CCN2CCOCC2)c2ccccc21. The number of carbonyl (C=O) groups is 3. The summed E-state index contributed by atoms with van der Waals surface area (Å²) in [6.45, 7) is 5.21. The molecule has 12 heteroatoms. The molecule has 1 N–H and O–H groups in total. The fraction of sp³-hybridized carbons (Fsp3) is 0.414. The third-order valence-corrected chi connectivity index (χ3v) is 9.74. The van der Waals surface area contributed by atoms with Gasteiger partial charge in [0, 0.05) is 57.9 Å². The van der Waals surface area contributed by atoms with E-state index in [1.54, 1.807) is 29.2 Å². The Balaban J connectivity index is 1.68. The van der Waals surface area contributed by atoms with Crippen LogP contribution in [0, 0.1) is 0 Å². The van der Waals surface area contributed by atoms with E-state index in [0.717, 1.165) is 4.31 Å². The van der Waals surface area contributed by atoms with Crippen LogP contribution in [0.1, 0.15) is 24.5 Å². The molecule has 11 nitrogen and oxygen atoms in total. The second kappa shape index (κ2) is 11.0. The normalized spacial score (nSPS) is 22.8. The van der Waals surface area contributed by atoms with E-state index in [-0.39, 0.29) is 22.6 Å². The van der Waals surface area contributed by atoms with Gasteiger partial charge in [-0.15, -0.1) is 0 Å². The Bertz CT molecular complexity index is 1510. The standard InChI is InChI=1S/C29H34N4O7S/c1-4-13-32-23-8-6-5-7-22(23)29(28(32)37)24(25(34)20-9-11-21(12-10-20)41(38,39)30(2)3)26(35)27(36)33(29)15-14-31-16-18-40-19-17-31/h5-12,34H,4,13-19H2,1-3H3/t29-/m1/s1. The van der Waals surface area contributed by atoms with E-state index < -0.39 is 38.9 Å². The molecule has 2 fully saturated rings. The quantitative estimate of drug-likeness (QED) is 0.283. The second-order valence-corrected chi connectivity index (χ2v) is 12.6. The Morgan fingerprint density at radius 1 is 0.976 bits per heavy atom. The molecule has 0 aromatic heterocycles. The topological polar surface area (TPSA) is 128 Å². The van der Waals surface area contributed by atoms with Crippen molar-refractivity contribution in [3.63, 3.8) is 0 Å². The van der Waals surface area contributed by atoms with E-state index in [0.29, 0.717) is 57.1 Å². The molecule has 41 heavy (non-hydrogen) atoms. The molecule has 3 aliphatic rings. The van der Waals surface area contributed by atoms with Gasteiger partial charge < -0.3 is 19.6 Å². The van der Waals surface area contributed by atoms with Gasteiger partial charge in [0.05, 0.1) is 29.4 Å². The number of fused-ring (bicyclic) bond motifs is 2. The Morgan fingerprint density at radius 2 is 1.63 bits per heavy atom. The first-order valence-corrected chi connectivity index (χ1v) is 15.0. The van der Waals surface area contributed by atoms with Crippen LogP contribution in [-0.2, 0) is 34.7 Å². The Morgan fingerprint density at radius 3 is 2.27 bits per heavy atom. The first-order valence-electron chi connectivity index (χ1n) is 13.6. The van der Waals surface area contributed by atoms with Crippen molar-refractivity contribution in [1.82, 2.24) is 14.1 Å². The number of Topliss-reactive ketones (excluding diaryl/α,β-unsaturated/α-hetero) is 1. The van der Waals surface area contributed by atoms with E-state index in [2.05, 4.69) is 4.90 Å². The van der Waals surface area contributed by atoms with Crippen LogP contribution in [0.2, 0.25) is 0 Å². The number of carbonyl (C=O) groups excluding carboxylic acids is 3. The molecule has 3 heterocycles. The van der Waals surface area contributed by atoms with Gasteiger partial charge in [0.25, 0.3) is 17.6 Å². The van der Waals surface area contributed by atoms with Crippen molar-refractivity contribution in [2.75, 3.05) is 64.9 Å². The molecule has 1 spiro atoms. The van der Waals surface area contributed by atoms with Crippen molar-refractivity contribution >= 4 is 39.1 Å². The number of nitrogens with zero attached hydrogens (tertiary/aromatic N) is 4. The van der Waals surface area contributed by atoms with Crippen LogP contribution in [0.3, 0.4) is 0 Å². The van der Waals surface area contributed by atoms with E-state index in [1.807, 2.05) is 6.92 Å². The van der Waals surface area contributed by atoms with Gasteiger partial charge in [-0.2, -0.15) is 0 Å². The number of aliphatic hydroxyl groups excluding tert-OH is 1. The molecule has 0 radical (unpaired) electrons. The minimum Gasteiger partial charge on any atom is -0.507 e. The number of amides is 2. The molecule has 2 amide bonds. The van der Waals surface area contributed by atoms with Crippen LogP contribution < -0.4 is 4.90 Å². The maximum Gasteiger partial charge on any atom is 0.296 e. The number of benzene rings is 2. The highest BCUT2D eigenvalue weighted by atomic mass is 32.2. The molecule has 2 saturated heterocycles. The van der Waals surface area contributed by atoms with E-state index in [4.69, 9.17) is 4.74 Å². The van der Waals surface area contributed by atoms with Crippen molar-refractivity contribution in [1.29, 1.82) is 0 Å². The number of likely N-dealkylation sites (tertiary alicyclic amines) is 1. The van der Waals surface area contributed by atoms with Gasteiger partial charge >= 0.3 is 0 Å². The van der Waals surface area contributed by atoms with Gasteiger partial charge in [0.1, 0.15) is 5.76 Å². The van der Waals surface area contributed by atoms with Crippen LogP contribution in [0.4, 0.5) is 5.69 Å². The van der Waals surface area contributed by atoms with Crippen LogP contribution >= 0.6 is 0 Å². The van der Waals surface area contributed by atoms with Crippen molar-refractivity contribution in [2.45, 2.75) is 23.8 Å². The van der Waals surface area contributed by atoms with Crippen LogP contribution in [0.15, 0.2) is 59.0 Å². The van der Waals surface area contributed by atoms with Crippen molar-refractivity contribution in [3.05, 3.63) is 65.2 Å². The molecule has 218 valence electrons. The molecule has 0 unspecified atom stereocenters. The first kappa shape index (κ1) is 28.9. The molecule has 2 aromatic rings. The lowest BCUT2D eigenvalue weighted by atomic mass is 9.82. The fourth-order valence-corrected chi connectivity index (χ4v) is 6.72. The zero-order valence-electron chi connectivity index (χ0n) is 23.4. The van der Waals surface area contributed by atoms with Crippen molar-refractivity contribution in [2.24, 2.45) is 0 Å². The number of anilines is 1. The molecule has 0 bridgehead atoms. The molecular formula is C29H34N4O7S. The summed E-state index contributed by atoms with van der Waals surface area (Å²) in [5.74, 6) is -2.84. The largest absolute Gasteiger partial charge is 0.507 e. The zero-order chi connectivity index (χ0) is 29.5. The highest BCUT2D eigenvalue weighted by molar-refractivity contribution is 7.89. The Labute approximate surface area is 239 Å². The Hall–Kier alpha value is -3.58. The van der Waals surface area contributed by atoms with Gasteiger partial charge in [-0.3, -0.25) is 19.3 Å². The highest BCUT2D eigenvalue weighted by Crippen LogP contribution is 2.53. The third-order valence-electron chi connectivity index (χ3n) is 7.91. The van der Waals surface area contributed by atoms with Gasteiger partial charge in [0.15, 0.2) is 5.54 Å². The zero-order valence-corrected chi connectivity index (χ0v) is 24.2. The predicted octanol–water partition coefficient (Wildman–Crippen LogP) is 1.60. The van der Waals surface area contributed by atoms with E-state index in [1.165, 1.54) is 43.3 Å². The average molecular weight is 583 g/mol. The number of ketones is 1. The first-order chi connectivity index (χ1) is 19.6. The maximum absolute atomic E-state index is 14.5. The summed E-state index contributed by atoms with van der Waals surface area (Å²) in [6, 6.07) is 12.4. The van der Waals surface area contributed by atoms with Crippen LogP contribution in [-0.4, -0.2) is 105 Å².